The molecule has 1 heterocycles. The van der Waals surface area contributed by atoms with Gasteiger partial charge in [0.2, 0.25) is 0 Å². The third-order valence-corrected chi connectivity index (χ3v) is 5.34. The van der Waals surface area contributed by atoms with E-state index in [1.54, 1.807) is 11.9 Å². The van der Waals surface area contributed by atoms with E-state index in [1.165, 1.54) is 0 Å². The van der Waals surface area contributed by atoms with E-state index in [2.05, 4.69) is 31.0 Å². The SMILES string of the molecule is COCCOCCOCCOC(=O)C(O)Cc1cc(-n2nc3ccccc3n2)cc(C(C)(C)C)c1. The van der Waals surface area contributed by atoms with Crippen molar-refractivity contribution in [2.75, 3.05) is 46.8 Å². The van der Waals surface area contributed by atoms with E-state index in [-0.39, 0.29) is 25.0 Å². The van der Waals surface area contributed by atoms with Gasteiger partial charge in [0.25, 0.3) is 0 Å². The number of nitrogens with zero attached hydrogens (tertiary/aromatic N) is 3. The first kappa shape index (κ1) is 26.7. The number of methoxy groups -OCH3 is 1. The van der Waals surface area contributed by atoms with Crippen molar-refractivity contribution in [1.82, 2.24) is 15.0 Å². The van der Waals surface area contributed by atoms with Crippen LogP contribution in [-0.2, 0) is 35.6 Å². The fourth-order valence-corrected chi connectivity index (χ4v) is 3.38. The maximum atomic E-state index is 12.3. The lowest BCUT2D eigenvalue weighted by atomic mass is 9.85. The zero-order chi connectivity index (χ0) is 25.3. The van der Waals surface area contributed by atoms with E-state index in [4.69, 9.17) is 18.9 Å². The Balaban J connectivity index is 1.59. The molecule has 0 aliphatic rings. The van der Waals surface area contributed by atoms with E-state index in [0.717, 1.165) is 27.8 Å². The van der Waals surface area contributed by atoms with Gasteiger partial charge >= 0.3 is 5.97 Å². The summed E-state index contributed by atoms with van der Waals surface area (Å²) in [6.07, 6.45) is -1.18. The molecule has 0 aliphatic carbocycles. The summed E-state index contributed by atoms with van der Waals surface area (Å²) in [6.45, 7) is 8.48. The number of aliphatic hydroxyl groups is 1. The molecule has 190 valence electrons. The first-order valence-electron chi connectivity index (χ1n) is 11.7. The largest absolute Gasteiger partial charge is 0.461 e. The highest BCUT2D eigenvalue weighted by molar-refractivity contribution is 5.75. The van der Waals surface area contributed by atoms with Gasteiger partial charge in [0.15, 0.2) is 6.10 Å². The maximum Gasteiger partial charge on any atom is 0.335 e. The van der Waals surface area contributed by atoms with Gasteiger partial charge in [-0.05, 0) is 40.8 Å². The second-order valence-electron chi connectivity index (χ2n) is 9.22. The Labute approximate surface area is 205 Å². The third kappa shape index (κ3) is 8.10. The summed E-state index contributed by atoms with van der Waals surface area (Å²) < 4.78 is 20.7. The Morgan fingerprint density at radius 1 is 0.943 bits per heavy atom. The quantitative estimate of drug-likeness (QED) is 0.291. The molecule has 3 aromatic rings. The lowest BCUT2D eigenvalue weighted by molar-refractivity contribution is -0.155. The van der Waals surface area contributed by atoms with Crippen LogP contribution in [0, 0.1) is 0 Å². The molecule has 1 atom stereocenters. The van der Waals surface area contributed by atoms with Crippen molar-refractivity contribution in [3.05, 3.63) is 53.6 Å². The summed E-state index contributed by atoms with van der Waals surface area (Å²) in [4.78, 5) is 13.9. The van der Waals surface area contributed by atoms with E-state index in [1.807, 2.05) is 42.5 Å². The molecule has 1 unspecified atom stereocenters. The fourth-order valence-electron chi connectivity index (χ4n) is 3.38. The van der Waals surface area contributed by atoms with Gasteiger partial charge in [0, 0.05) is 13.5 Å². The Morgan fingerprint density at radius 2 is 1.54 bits per heavy atom. The summed E-state index contributed by atoms with van der Waals surface area (Å²) in [5.41, 5.74) is 4.05. The fraction of sp³-hybridized carbons (Fsp3) is 0.500. The van der Waals surface area contributed by atoms with Crippen molar-refractivity contribution in [3.8, 4) is 5.69 Å². The number of fused-ring (bicyclic) bond motifs is 1. The van der Waals surface area contributed by atoms with E-state index >= 15 is 0 Å². The normalized spacial score (nSPS) is 12.7. The van der Waals surface area contributed by atoms with Crippen molar-refractivity contribution >= 4 is 17.0 Å². The monoisotopic (exact) mass is 485 g/mol. The zero-order valence-corrected chi connectivity index (χ0v) is 20.9. The molecule has 9 nitrogen and oxygen atoms in total. The summed E-state index contributed by atoms with van der Waals surface area (Å²) >= 11 is 0. The van der Waals surface area contributed by atoms with Crippen LogP contribution in [0.15, 0.2) is 42.5 Å². The van der Waals surface area contributed by atoms with Crippen LogP contribution < -0.4 is 0 Å². The third-order valence-electron chi connectivity index (χ3n) is 5.34. The molecule has 0 saturated heterocycles. The predicted molar refractivity (Wildman–Crippen MR) is 132 cm³/mol. The van der Waals surface area contributed by atoms with Gasteiger partial charge in [-0.15, -0.1) is 10.2 Å². The highest BCUT2D eigenvalue weighted by Crippen LogP contribution is 2.27. The highest BCUT2D eigenvalue weighted by atomic mass is 16.6. The summed E-state index contributed by atoms with van der Waals surface area (Å²) in [5, 5.41) is 19.6. The average Bonchev–Trinajstić information content (AvgIpc) is 3.26. The van der Waals surface area contributed by atoms with Gasteiger partial charge in [-0.25, -0.2) is 4.79 Å². The van der Waals surface area contributed by atoms with Crippen LogP contribution in [-0.4, -0.2) is 78.9 Å². The van der Waals surface area contributed by atoms with Gasteiger partial charge in [0.05, 0.1) is 38.7 Å². The first-order valence-corrected chi connectivity index (χ1v) is 11.7. The van der Waals surface area contributed by atoms with Crippen LogP contribution >= 0.6 is 0 Å². The van der Waals surface area contributed by atoms with Crippen LogP contribution in [0.5, 0.6) is 0 Å². The van der Waals surface area contributed by atoms with Crippen LogP contribution in [0.25, 0.3) is 16.7 Å². The number of hydrogen-bond donors (Lipinski definition) is 1. The molecule has 0 radical (unpaired) electrons. The number of aliphatic hydroxyl groups excluding tert-OH is 1. The smallest absolute Gasteiger partial charge is 0.335 e. The number of benzene rings is 2. The molecule has 0 amide bonds. The van der Waals surface area contributed by atoms with Crippen LogP contribution in [0.1, 0.15) is 31.9 Å². The molecule has 0 bridgehead atoms. The summed E-state index contributed by atoms with van der Waals surface area (Å²) in [5.74, 6) is -0.685. The van der Waals surface area contributed by atoms with Crippen LogP contribution in [0.2, 0.25) is 0 Å². The van der Waals surface area contributed by atoms with Crippen molar-refractivity contribution in [2.45, 2.75) is 38.7 Å². The molecule has 9 heteroatoms. The second kappa shape index (κ2) is 12.7. The standard InChI is InChI=1S/C26H35N3O6/c1-26(2,3)20-15-19(16-21(18-20)29-27-22-7-5-6-8-23(22)28-29)17-24(30)25(31)35-14-13-34-12-11-33-10-9-32-4/h5-8,15-16,18,24,30H,9-14,17H2,1-4H3. The van der Waals surface area contributed by atoms with Crippen molar-refractivity contribution < 1.29 is 28.8 Å². The van der Waals surface area contributed by atoms with Crippen LogP contribution in [0.4, 0.5) is 0 Å². The zero-order valence-electron chi connectivity index (χ0n) is 20.9. The molecule has 1 N–H and O–H groups in total. The van der Waals surface area contributed by atoms with Gasteiger partial charge < -0.3 is 24.1 Å². The Bertz CT molecular complexity index is 1060. The maximum absolute atomic E-state index is 12.3. The number of esters is 1. The van der Waals surface area contributed by atoms with Gasteiger partial charge in [0.1, 0.15) is 17.6 Å². The molecular formula is C26H35N3O6. The Hall–Kier alpha value is -2.85. The number of carbonyl (C=O) groups is 1. The number of ether oxygens (including phenoxy) is 4. The minimum absolute atomic E-state index is 0.0606. The minimum Gasteiger partial charge on any atom is -0.461 e. The lowest BCUT2D eigenvalue weighted by Gasteiger charge is -2.21. The number of rotatable bonds is 13. The van der Waals surface area contributed by atoms with E-state index in [9.17, 15) is 9.90 Å². The van der Waals surface area contributed by atoms with Gasteiger partial charge in [-0.3, -0.25) is 0 Å². The Morgan fingerprint density at radius 3 is 2.14 bits per heavy atom. The minimum atomic E-state index is -1.29. The van der Waals surface area contributed by atoms with E-state index < -0.39 is 12.1 Å². The first-order chi connectivity index (χ1) is 16.8. The summed E-state index contributed by atoms with van der Waals surface area (Å²) in [6, 6.07) is 13.6. The molecule has 0 fully saturated rings. The number of carbonyl (C=O) groups excluding carboxylic acids is 1. The van der Waals surface area contributed by atoms with Gasteiger partial charge in [-0.1, -0.05) is 39.0 Å². The Kier molecular flexibility index (Phi) is 9.73. The molecule has 35 heavy (non-hydrogen) atoms. The molecule has 0 aliphatic heterocycles. The molecule has 0 spiro atoms. The topological polar surface area (TPSA) is 105 Å². The van der Waals surface area contributed by atoms with Crippen molar-refractivity contribution in [2.24, 2.45) is 0 Å². The molecule has 2 aromatic carbocycles. The van der Waals surface area contributed by atoms with E-state index in [0.29, 0.717) is 26.4 Å². The second-order valence-corrected chi connectivity index (χ2v) is 9.22. The molecule has 0 saturated carbocycles. The van der Waals surface area contributed by atoms with Gasteiger partial charge in [-0.2, -0.15) is 4.80 Å². The van der Waals surface area contributed by atoms with Crippen molar-refractivity contribution in [3.63, 3.8) is 0 Å². The molecule has 3 rings (SSSR count). The number of hydrogen-bond acceptors (Lipinski definition) is 8. The lowest BCUT2D eigenvalue weighted by Crippen LogP contribution is -2.27. The predicted octanol–water partition coefficient (Wildman–Crippen LogP) is 2.84. The highest BCUT2D eigenvalue weighted by Gasteiger charge is 2.21. The average molecular weight is 486 g/mol. The summed E-state index contributed by atoms with van der Waals surface area (Å²) in [7, 11) is 1.61. The molecular weight excluding hydrogens is 450 g/mol. The van der Waals surface area contributed by atoms with Crippen molar-refractivity contribution in [1.29, 1.82) is 0 Å². The number of aromatic nitrogens is 3. The molecule has 1 aromatic heterocycles. The van der Waals surface area contributed by atoms with Crippen LogP contribution in [0.3, 0.4) is 0 Å².